The Bertz CT molecular complexity index is 1050. The van der Waals surface area contributed by atoms with Gasteiger partial charge in [-0.15, -0.1) is 0 Å². The molecule has 9 heteroatoms. The molecule has 1 amide bonds. The van der Waals surface area contributed by atoms with Crippen LogP contribution in [-0.4, -0.2) is 41.2 Å². The number of benzene rings is 1. The van der Waals surface area contributed by atoms with E-state index in [1.165, 1.54) is 23.3 Å². The molecule has 150 valence electrons. The van der Waals surface area contributed by atoms with Crippen LogP contribution in [0, 0.1) is 0 Å². The molecule has 28 heavy (non-hydrogen) atoms. The maximum Gasteiger partial charge on any atom is 0.316 e. The Morgan fingerprint density at radius 3 is 2.14 bits per heavy atom. The van der Waals surface area contributed by atoms with Gasteiger partial charge in [0, 0.05) is 27.2 Å². The van der Waals surface area contributed by atoms with E-state index >= 15 is 0 Å². The van der Waals surface area contributed by atoms with Crippen molar-refractivity contribution in [3.05, 3.63) is 32.8 Å². The third-order valence-electron chi connectivity index (χ3n) is 5.11. The molecule has 0 bridgehead atoms. The van der Waals surface area contributed by atoms with Crippen LogP contribution >= 0.6 is 0 Å². The van der Waals surface area contributed by atoms with E-state index in [-0.39, 0.29) is 0 Å². The van der Waals surface area contributed by atoms with Gasteiger partial charge in [0.2, 0.25) is 5.91 Å². The summed E-state index contributed by atoms with van der Waals surface area (Å²) < 4.78 is 7.14. The van der Waals surface area contributed by atoms with Crippen molar-refractivity contribution in [1.82, 2.24) is 9.13 Å². The minimum absolute atomic E-state index is 0.403. The SMILES string of the molecule is COC(=O)CC(=O)Nc1cc2c(cc1N1CCCCC1)n(C)c(=O)c(=O)n2C. The summed E-state index contributed by atoms with van der Waals surface area (Å²) >= 11 is 0. The summed E-state index contributed by atoms with van der Waals surface area (Å²) in [5.41, 5.74) is 1.12. The fourth-order valence-electron chi connectivity index (χ4n) is 3.50. The fraction of sp³-hybridized carbons (Fsp3) is 0.474. The van der Waals surface area contributed by atoms with Crippen LogP contribution in [-0.2, 0) is 28.4 Å². The molecular formula is C19H24N4O5. The van der Waals surface area contributed by atoms with Gasteiger partial charge in [0.1, 0.15) is 6.42 Å². The molecule has 9 nitrogen and oxygen atoms in total. The van der Waals surface area contributed by atoms with E-state index in [2.05, 4.69) is 15.0 Å². The van der Waals surface area contributed by atoms with Crippen LogP contribution in [0.2, 0.25) is 0 Å². The number of esters is 1. The van der Waals surface area contributed by atoms with Crippen molar-refractivity contribution in [2.45, 2.75) is 25.7 Å². The van der Waals surface area contributed by atoms with Crippen molar-refractivity contribution in [3.8, 4) is 0 Å². The highest BCUT2D eigenvalue weighted by atomic mass is 16.5. The summed E-state index contributed by atoms with van der Waals surface area (Å²) in [6.07, 6.45) is 2.79. The van der Waals surface area contributed by atoms with E-state index in [1.807, 2.05) is 6.07 Å². The molecule has 0 spiro atoms. The lowest BCUT2D eigenvalue weighted by molar-refractivity contribution is -0.142. The molecule has 1 aliphatic heterocycles. The van der Waals surface area contributed by atoms with Gasteiger partial charge in [0.05, 0.1) is 29.5 Å². The molecule has 0 radical (unpaired) electrons. The first kappa shape index (κ1) is 19.7. The van der Waals surface area contributed by atoms with Gasteiger partial charge in [0.15, 0.2) is 0 Å². The van der Waals surface area contributed by atoms with E-state index < -0.39 is 29.4 Å². The minimum Gasteiger partial charge on any atom is -0.469 e. The van der Waals surface area contributed by atoms with Crippen molar-refractivity contribution in [1.29, 1.82) is 0 Å². The number of hydrogen-bond acceptors (Lipinski definition) is 6. The first-order valence-corrected chi connectivity index (χ1v) is 9.19. The number of fused-ring (bicyclic) bond motifs is 1. The molecule has 3 rings (SSSR count). The second-order valence-corrected chi connectivity index (χ2v) is 6.94. The number of rotatable bonds is 4. The van der Waals surface area contributed by atoms with E-state index in [0.717, 1.165) is 38.0 Å². The van der Waals surface area contributed by atoms with Crippen LogP contribution < -0.4 is 21.3 Å². The average Bonchev–Trinajstić information content (AvgIpc) is 2.70. The monoisotopic (exact) mass is 388 g/mol. The lowest BCUT2D eigenvalue weighted by Gasteiger charge is -2.31. The second kappa shape index (κ2) is 7.87. The highest BCUT2D eigenvalue weighted by Gasteiger charge is 2.20. The number of aromatic nitrogens is 2. The first-order chi connectivity index (χ1) is 13.3. The topological polar surface area (TPSA) is 103 Å². The largest absolute Gasteiger partial charge is 0.469 e. The molecule has 1 aromatic carbocycles. The van der Waals surface area contributed by atoms with Crippen LogP contribution in [0.3, 0.4) is 0 Å². The fourth-order valence-corrected chi connectivity index (χ4v) is 3.50. The molecule has 1 saturated heterocycles. The highest BCUT2D eigenvalue weighted by molar-refractivity contribution is 6.05. The van der Waals surface area contributed by atoms with Crippen molar-refractivity contribution in [3.63, 3.8) is 0 Å². The predicted octanol–water partition coefficient (Wildman–Crippen LogP) is 0.729. The summed E-state index contributed by atoms with van der Waals surface area (Å²) in [5, 5.41) is 2.76. The molecule has 0 saturated carbocycles. The number of methoxy groups -OCH3 is 1. The number of carbonyl (C=O) groups is 2. The van der Waals surface area contributed by atoms with E-state index in [0.29, 0.717) is 16.7 Å². The average molecular weight is 388 g/mol. The number of carbonyl (C=O) groups excluding carboxylic acids is 2. The van der Waals surface area contributed by atoms with Gasteiger partial charge in [-0.1, -0.05) is 0 Å². The van der Waals surface area contributed by atoms with Crippen molar-refractivity contribution < 1.29 is 14.3 Å². The molecule has 0 aliphatic carbocycles. The molecular weight excluding hydrogens is 364 g/mol. The van der Waals surface area contributed by atoms with Gasteiger partial charge in [-0.2, -0.15) is 0 Å². The maximum absolute atomic E-state index is 12.3. The van der Waals surface area contributed by atoms with Crippen LogP contribution in [0.25, 0.3) is 11.0 Å². The van der Waals surface area contributed by atoms with Gasteiger partial charge >= 0.3 is 17.1 Å². The number of aryl methyl sites for hydroxylation is 2. The van der Waals surface area contributed by atoms with E-state index in [9.17, 15) is 19.2 Å². The smallest absolute Gasteiger partial charge is 0.316 e. The van der Waals surface area contributed by atoms with Gasteiger partial charge < -0.3 is 24.1 Å². The lowest BCUT2D eigenvalue weighted by Crippen LogP contribution is -2.39. The van der Waals surface area contributed by atoms with Gasteiger partial charge in [-0.25, -0.2) is 0 Å². The molecule has 1 N–H and O–H groups in total. The van der Waals surface area contributed by atoms with Crippen LogP contribution in [0.5, 0.6) is 0 Å². The Hall–Kier alpha value is -3.10. The van der Waals surface area contributed by atoms with Crippen molar-refractivity contribution in [2.75, 3.05) is 30.4 Å². The number of piperidine rings is 1. The Kier molecular flexibility index (Phi) is 5.53. The number of nitrogens with one attached hydrogen (secondary N) is 1. The Labute approximate surface area is 161 Å². The highest BCUT2D eigenvalue weighted by Crippen LogP contribution is 2.32. The third-order valence-corrected chi connectivity index (χ3v) is 5.11. The molecule has 2 heterocycles. The standard InChI is InChI=1S/C19H24N4O5/c1-21-14-9-12(20-16(24)11-17(25)28-3)13(23-7-5-4-6-8-23)10-15(14)22(2)19(27)18(21)26/h9-10H,4-8,11H2,1-3H3,(H,20,24). The first-order valence-electron chi connectivity index (χ1n) is 9.19. The molecule has 1 aromatic heterocycles. The predicted molar refractivity (Wildman–Crippen MR) is 106 cm³/mol. The summed E-state index contributed by atoms with van der Waals surface area (Å²) in [5.74, 6) is -1.13. The van der Waals surface area contributed by atoms with Gasteiger partial charge in [-0.05, 0) is 31.4 Å². The molecule has 2 aromatic rings. The Morgan fingerprint density at radius 2 is 1.57 bits per heavy atom. The molecule has 0 atom stereocenters. The number of hydrogen-bond donors (Lipinski definition) is 1. The van der Waals surface area contributed by atoms with Crippen LogP contribution in [0.4, 0.5) is 11.4 Å². The second-order valence-electron chi connectivity index (χ2n) is 6.94. The molecule has 1 aliphatic rings. The van der Waals surface area contributed by atoms with Crippen molar-refractivity contribution in [2.24, 2.45) is 14.1 Å². The van der Waals surface area contributed by atoms with Crippen LogP contribution in [0.15, 0.2) is 21.7 Å². The normalized spacial score (nSPS) is 14.2. The van der Waals surface area contributed by atoms with E-state index in [4.69, 9.17) is 0 Å². The van der Waals surface area contributed by atoms with E-state index in [1.54, 1.807) is 13.1 Å². The Balaban J connectivity index is 2.15. The van der Waals surface area contributed by atoms with Crippen LogP contribution in [0.1, 0.15) is 25.7 Å². The summed E-state index contributed by atoms with van der Waals surface area (Å²) in [4.78, 5) is 50.2. The summed E-state index contributed by atoms with van der Waals surface area (Å²) in [7, 11) is 4.30. The molecule has 0 unspecified atom stereocenters. The van der Waals surface area contributed by atoms with Crippen molar-refractivity contribution >= 4 is 34.3 Å². The number of amides is 1. The van der Waals surface area contributed by atoms with Gasteiger partial charge in [0.25, 0.3) is 0 Å². The number of nitrogens with zero attached hydrogens (tertiary/aromatic N) is 3. The minimum atomic E-state index is -0.646. The number of anilines is 2. The maximum atomic E-state index is 12.3. The number of ether oxygens (including phenoxy) is 1. The Morgan fingerprint density at radius 1 is 1.00 bits per heavy atom. The molecule has 1 fully saturated rings. The zero-order valence-electron chi connectivity index (χ0n) is 16.3. The quantitative estimate of drug-likeness (QED) is 0.471. The summed E-state index contributed by atoms with van der Waals surface area (Å²) in [6, 6.07) is 3.49. The zero-order chi connectivity index (χ0) is 20.4. The zero-order valence-corrected chi connectivity index (χ0v) is 16.3. The van der Waals surface area contributed by atoms with Gasteiger partial charge in [-0.3, -0.25) is 19.2 Å². The summed E-state index contributed by atoms with van der Waals surface area (Å²) in [6.45, 7) is 1.65. The lowest BCUT2D eigenvalue weighted by atomic mass is 10.1. The third kappa shape index (κ3) is 3.64.